The number of ether oxygens (including phenoxy) is 1. The van der Waals surface area contributed by atoms with E-state index in [4.69, 9.17) is 9.57 Å². The van der Waals surface area contributed by atoms with Crippen molar-refractivity contribution >= 4 is 33.1 Å². The summed E-state index contributed by atoms with van der Waals surface area (Å²) in [5.74, 6) is 0.266. The van der Waals surface area contributed by atoms with E-state index >= 15 is 0 Å². The number of methoxy groups -OCH3 is 1. The maximum Gasteiger partial charge on any atom is 0.279 e. The number of aromatic nitrogens is 2. The molecule has 3 rings (SSSR count). The molecule has 1 heterocycles. The molecule has 0 aliphatic heterocycles. The second-order valence-corrected chi connectivity index (χ2v) is 9.74. The van der Waals surface area contributed by atoms with Crippen molar-refractivity contribution in [1.29, 1.82) is 0 Å². The van der Waals surface area contributed by atoms with Gasteiger partial charge in [0.1, 0.15) is 11.9 Å². The highest BCUT2D eigenvalue weighted by Gasteiger charge is 2.21. The topological polar surface area (TPSA) is 132 Å². The van der Waals surface area contributed by atoms with Crippen molar-refractivity contribution in [3.05, 3.63) is 42.2 Å². The number of nitrogens with zero attached hydrogens (tertiary/aromatic N) is 3. The van der Waals surface area contributed by atoms with Gasteiger partial charge in [0.05, 0.1) is 23.0 Å². The van der Waals surface area contributed by atoms with Crippen LogP contribution in [0.3, 0.4) is 0 Å². The minimum Gasteiger partial charge on any atom is -0.392 e. The lowest BCUT2D eigenvalue weighted by Gasteiger charge is -2.12. The third-order valence-electron chi connectivity index (χ3n) is 5.21. The summed E-state index contributed by atoms with van der Waals surface area (Å²) in [6.07, 6.45) is 7.16. The van der Waals surface area contributed by atoms with Gasteiger partial charge in [0, 0.05) is 26.3 Å². The second-order valence-electron chi connectivity index (χ2n) is 7.63. The predicted octanol–water partition coefficient (Wildman–Crippen LogP) is 2.63. The van der Waals surface area contributed by atoms with Crippen LogP contribution in [0.25, 0.3) is 0 Å². The molecule has 0 unspecified atom stereocenters. The van der Waals surface area contributed by atoms with Crippen LogP contribution in [0.1, 0.15) is 37.7 Å². The Morgan fingerprint density at radius 1 is 1.12 bits per heavy atom. The standard InChI is InChI=1S/C22H29N5O5S/c1-23-19-14-25-20(15-24-19)26-22(28)21(27-32-17-6-3-4-7-17)16-8-10-18(11-9-16)33(29,30)13-5-12-31-2/h8-11,14-15,17H,3-7,12-13H2,1-2H3,(H,23,24)(H,25,26,28). The van der Waals surface area contributed by atoms with Crippen molar-refractivity contribution < 1.29 is 22.8 Å². The van der Waals surface area contributed by atoms with Gasteiger partial charge in [-0.1, -0.05) is 17.3 Å². The molecule has 2 N–H and O–H groups in total. The van der Waals surface area contributed by atoms with Gasteiger partial charge in [0.2, 0.25) is 0 Å². The van der Waals surface area contributed by atoms with E-state index in [-0.39, 0.29) is 28.3 Å². The average molecular weight is 476 g/mol. The molecular weight excluding hydrogens is 446 g/mol. The number of nitrogens with one attached hydrogen (secondary N) is 2. The smallest absolute Gasteiger partial charge is 0.279 e. The number of amides is 1. The van der Waals surface area contributed by atoms with E-state index in [0.717, 1.165) is 25.7 Å². The Kier molecular flexibility index (Phi) is 8.72. The Bertz CT molecular complexity index is 1050. The maximum absolute atomic E-state index is 13.0. The maximum atomic E-state index is 13.0. The zero-order valence-corrected chi connectivity index (χ0v) is 19.6. The van der Waals surface area contributed by atoms with Crippen molar-refractivity contribution in [2.45, 2.75) is 43.1 Å². The van der Waals surface area contributed by atoms with E-state index in [1.165, 1.54) is 31.6 Å². The number of oxime groups is 1. The molecule has 0 bridgehead atoms. The molecule has 10 nitrogen and oxygen atoms in total. The first-order valence-corrected chi connectivity index (χ1v) is 12.5. The molecule has 1 aromatic carbocycles. The van der Waals surface area contributed by atoms with Gasteiger partial charge in [0.15, 0.2) is 21.4 Å². The average Bonchev–Trinajstić information content (AvgIpc) is 3.34. The van der Waals surface area contributed by atoms with E-state index in [1.807, 2.05) is 0 Å². The summed E-state index contributed by atoms with van der Waals surface area (Å²) in [6, 6.07) is 6.04. The van der Waals surface area contributed by atoms with Crippen LogP contribution in [0.4, 0.5) is 11.6 Å². The van der Waals surface area contributed by atoms with Crippen molar-refractivity contribution in [2.24, 2.45) is 5.16 Å². The molecule has 1 fully saturated rings. The Hall–Kier alpha value is -3.05. The summed E-state index contributed by atoms with van der Waals surface area (Å²) in [6.45, 7) is 0.366. The van der Waals surface area contributed by atoms with Gasteiger partial charge in [-0.3, -0.25) is 4.79 Å². The van der Waals surface area contributed by atoms with Crippen LogP contribution in [0.2, 0.25) is 0 Å². The SMILES string of the molecule is CNc1cnc(NC(=O)C(=NOC2CCCC2)c2ccc(S(=O)(=O)CCCOC)cc2)cn1. The highest BCUT2D eigenvalue weighted by molar-refractivity contribution is 7.91. The molecular formula is C22H29N5O5S. The summed E-state index contributed by atoms with van der Waals surface area (Å²) in [4.78, 5) is 27.1. The third-order valence-corrected chi connectivity index (χ3v) is 7.02. The van der Waals surface area contributed by atoms with E-state index in [9.17, 15) is 13.2 Å². The molecule has 11 heteroatoms. The minimum absolute atomic E-state index is 0.0201. The molecule has 33 heavy (non-hydrogen) atoms. The lowest BCUT2D eigenvalue weighted by molar-refractivity contribution is -0.110. The van der Waals surface area contributed by atoms with E-state index < -0.39 is 15.7 Å². The molecule has 1 aliphatic carbocycles. The molecule has 1 aromatic heterocycles. The Balaban J connectivity index is 1.80. The van der Waals surface area contributed by atoms with E-state index in [1.54, 1.807) is 19.2 Å². The monoisotopic (exact) mass is 475 g/mol. The number of hydrogen-bond acceptors (Lipinski definition) is 9. The molecule has 0 saturated heterocycles. The molecule has 178 valence electrons. The highest BCUT2D eigenvalue weighted by Crippen LogP contribution is 2.22. The molecule has 0 atom stereocenters. The van der Waals surface area contributed by atoms with E-state index in [0.29, 0.717) is 24.4 Å². The van der Waals surface area contributed by atoms with Crippen molar-refractivity contribution in [3.8, 4) is 0 Å². The van der Waals surface area contributed by atoms with E-state index in [2.05, 4.69) is 25.8 Å². The molecule has 1 saturated carbocycles. The number of sulfone groups is 1. The molecule has 1 amide bonds. The fraction of sp³-hybridized carbons (Fsp3) is 0.455. The minimum atomic E-state index is -3.45. The Morgan fingerprint density at radius 3 is 2.39 bits per heavy atom. The van der Waals surface area contributed by atoms with Crippen LogP contribution in [0, 0.1) is 0 Å². The number of hydrogen-bond donors (Lipinski definition) is 2. The summed E-state index contributed by atoms with van der Waals surface area (Å²) in [5, 5.41) is 9.65. The van der Waals surface area contributed by atoms with Crippen LogP contribution < -0.4 is 10.6 Å². The number of anilines is 2. The largest absolute Gasteiger partial charge is 0.392 e. The zero-order chi connectivity index (χ0) is 23.7. The Labute approximate surface area is 193 Å². The van der Waals surface area contributed by atoms with Crippen LogP contribution in [-0.2, 0) is 24.2 Å². The van der Waals surface area contributed by atoms with Gasteiger partial charge in [-0.25, -0.2) is 18.4 Å². The lowest BCUT2D eigenvalue weighted by Crippen LogP contribution is -2.25. The first-order valence-electron chi connectivity index (χ1n) is 10.8. The third kappa shape index (κ3) is 6.96. The molecule has 0 spiro atoms. The first kappa shape index (κ1) is 24.6. The summed E-state index contributed by atoms with van der Waals surface area (Å²) >= 11 is 0. The summed E-state index contributed by atoms with van der Waals surface area (Å²) < 4.78 is 29.9. The van der Waals surface area contributed by atoms with Gasteiger partial charge in [-0.15, -0.1) is 0 Å². The van der Waals surface area contributed by atoms with Crippen molar-refractivity contribution in [1.82, 2.24) is 9.97 Å². The normalized spacial score (nSPS) is 14.8. The van der Waals surface area contributed by atoms with Crippen molar-refractivity contribution in [3.63, 3.8) is 0 Å². The molecule has 0 radical (unpaired) electrons. The predicted molar refractivity (Wildman–Crippen MR) is 125 cm³/mol. The summed E-state index contributed by atoms with van der Waals surface area (Å²) in [7, 11) is -0.205. The second kappa shape index (κ2) is 11.7. The van der Waals surface area contributed by atoms with Crippen molar-refractivity contribution in [2.75, 3.05) is 37.2 Å². The zero-order valence-electron chi connectivity index (χ0n) is 18.8. The summed E-state index contributed by atoms with van der Waals surface area (Å²) in [5.41, 5.74) is 0.464. The Morgan fingerprint density at radius 2 is 1.79 bits per heavy atom. The first-order chi connectivity index (χ1) is 15.9. The highest BCUT2D eigenvalue weighted by atomic mass is 32.2. The quantitative estimate of drug-likeness (QED) is 0.288. The number of rotatable bonds is 11. The number of benzene rings is 1. The van der Waals surface area contributed by atoms with Crippen LogP contribution >= 0.6 is 0 Å². The van der Waals surface area contributed by atoms with Crippen LogP contribution in [0.5, 0.6) is 0 Å². The van der Waals surface area contributed by atoms with Gasteiger partial charge in [-0.05, 0) is 44.2 Å². The fourth-order valence-corrected chi connectivity index (χ4v) is 4.66. The number of carbonyl (C=O) groups excluding carboxylic acids is 1. The van der Waals surface area contributed by atoms with Gasteiger partial charge in [-0.2, -0.15) is 0 Å². The molecule has 1 aliphatic rings. The molecule has 2 aromatic rings. The van der Waals surface area contributed by atoms with Gasteiger partial charge < -0.3 is 20.2 Å². The number of carbonyl (C=O) groups is 1. The van der Waals surface area contributed by atoms with Gasteiger partial charge >= 0.3 is 0 Å². The van der Waals surface area contributed by atoms with Crippen LogP contribution in [-0.4, -0.2) is 62.6 Å². The fourth-order valence-electron chi connectivity index (χ4n) is 3.37. The van der Waals surface area contributed by atoms with Gasteiger partial charge in [0.25, 0.3) is 5.91 Å². The lowest BCUT2D eigenvalue weighted by atomic mass is 10.1. The van der Waals surface area contributed by atoms with Crippen LogP contribution in [0.15, 0.2) is 46.7 Å².